The summed E-state index contributed by atoms with van der Waals surface area (Å²) in [5, 5.41) is 8.59. The summed E-state index contributed by atoms with van der Waals surface area (Å²) in [7, 11) is -1.00. The van der Waals surface area contributed by atoms with Gasteiger partial charge in [0, 0.05) is 11.2 Å². The van der Waals surface area contributed by atoms with E-state index in [0.29, 0.717) is 5.56 Å². The topological polar surface area (TPSA) is 40.9 Å². The van der Waals surface area contributed by atoms with E-state index in [1.807, 2.05) is 19.1 Å². The van der Waals surface area contributed by atoms with Crippen molar-refractivity contribution in [1.29, 1.82) is 5.26 Å². The first-order valence-electron chi connectivity index (χ1n) is 3.49. The summed E-state index contributed by atoms with van der Waals surface area (Å²) >= 11 is 0. The lowest BCUT2D eigenvalue weighted by Gasteiger charge is -2.00. The fraction of sp³-hybridized carbons (Fsp3) is 0.222. The number of benzene rings is 1. The van der Waals surface area contributed by atoms with Crippen LogP contribution in [0.3, 0.4) is 0 Å². The highest BCUT2D eigenvalue weighted by molar-refractivity contribution is 7.84. The van der Waals surface area contributed by atoms with Crippen molar-refractivity contribution in [1.82, 2.24) is 0 Å². The molecule has 0 spiro atoms. The molecule has 0 bridgehead atoms. The maximum absolute atomic E-state index is 11.1. The highest BCUT2D eigenvalue weighted by atomic mass is 32.2. The number of nitriles is 1. The van der Waals surface area contributed by atoms with Crippen molar-refractivity contribution < 1.29 is 4.21 Å². The molecule has 0 fully saturated rings. The molecule has 12 heavy (non-hydrogen) atoms. The predicted octanol–water partition coefficient (Wildman–Crippen LogP) is 1.60. The van der Waals surface area contributed by atoms with Crippen LogP contribution in [0.25, 0.3) is 0 Å². The lowest BCUT2D eigenvalue weighted by atomic mass is 10.2. The van der Waals surface area contributed by atoms with Gasteiger partial charge in [-0.15, -0.1) is 0 Å². The molecule has 0 aliphatic heterocycles. The highest BCUT2D eigenvalue weighted by Crippen LogP contribution is 2.13. The maximum atomic E-state index is 11.1. The Morgan fingerprint density at radius 1 is 1.50 bits per heavy atom. The molecule has 0 aliphatic rings. The predicted molar refractivity (Wildman–Crippen MR) is 48.2 cm³/mol. The largest absolute Gasteiger partial charge is 0.255 e. The second-order valence-corrected chi connectivity index (χ2v) is 3.89. The Morgan fingerprint density at radius 2 is 2.17 bits per heavy atom. The fourth-order valence-electron chi connectivity index (χ4n) is 0.979. The van der Waals surface area contributed by atoms with Crippen molar-refractivity contribution in [2.75, 3.05) is 6.26 Å². The van der Waals surface area contributed by atoms with E-state index >= 15 is 0 Å². The first-order valence-corrected chi connectivity index (χ1v) is 5.05. The van der Waals surface area contributed by atoms with Crippen molar-refractivity contribution in [2.24, 2.45) is 0 Å². The molecule has 62 valence electrons. The molecule has 2 nitrogen and oxygen atoms in total. The lowest BCUT2D eigenvalue weighted by molar-refractivity contribution is 0.686. The van der Waals surface area contributed by atoms with Gasteiger partial charge in [0.25, 0.3) is 0 Å². The summed E-state index contributed by atoms with van der Waals surface area (Å²) < 4.78 is 11.1. The number of aryl methyl sites for hydroxylation is 1. The molecule has 0 saturated carbocycles. The molecule has 1 aromatic carbocycles. The summed E-state index contributed by atoms with van der Waals surface area (Å²) in [6.07, 6.45) is 1.61. The molecule has 0 radical (unpaired) electrons. The van der Waals surface area contributed by atoms with Gasteiger partial charge in [0.1, 0.15) is 0 Å². The summed E-state index contributed by atoms with van der Waals surface area (Å²) in [5.74, 6) is 0. The van der Waals surface area contributed by atoms with E-state index in [4.69, 9.17) is 5.26 Å². The van der Waals surface area contributed by atoms with Crippen LogP contribution in [-0.2, 0) is 10.8 Å². The Kier molecular flexibility index (Phi) is 2.61. The molecule has 1 unspecified atom stereocenters. The normalized spacial score (nSPS) is 12.1. The van der Waals surface area contributed by atoms with E-state index in [0.717, 1.165) is 10.5 Å². The van der Waals surface area contributed by atoms with E-state index in [1.54, 1.807) is 18.4 Å². The van der Waals surface area contributed by atoms with Crippen molar-refractivity contribution in [2.45, 2.75) is 11.8 Å². The van der Waals surface area contributed by atoms with Crippen LogP contribution < -0.4 is 0 Å². The zero-order valence-corrected chi connectivity index (χ0v) is 7.81. The third-order valence-corrected chi connectivity index (χ3v) is 2.69. The van der Waals surface area contributed by atoms with Crippen LogP contribution in [0.15, 0.2) is 23.1 Å². The van der Waals surface area contributed by atoms with Crippen LogP contribution >= 0.6 is 0 Å². The third kappa shape index (κ3) is 1.72. The molecule has 0 saturated heterocycles. The number of rotatable bonds is 1. The van der Waals surface area contributed by atoms with Crippen LogP contribution in [0.5, 0.6) is 0 Å². The molecule has 0 heterocycles. The summed E-state index contributed by atoms with van der Waals surface area (Å²) in [6.45, 7) is 1.89. The minimum Gasteiger partial charge on any atom is -0.255 e. The minimum atomic E-state index is -1.00. The first-order chi connectivity index (χ1) is 5.65. The average Bonchev–Trinajstić information content (AvgIpc) is 2.05. The first kappa shape index (κ1) is 8.95. The van der Waals surface area contributed by atoms with Gasteiger partial charge in [-0.2, -0.15) is 5.26 Å². The Morgan fingerprint density at radius 3 is 2.67 bits per heavy atom. The molecule has 0 amide bonds. The molecule has 1 atom stereocenters. The molecule has 0 aromatic heterocycles. The molecule has 1 rings (SSSR count). The van der Waals surface area contributed by atoms with Crippen LogP contribution in [0.2, 0.25) is 0 Å². The molecular formula is C9H9NOS. The number of nitrogens with zero attached hydrogens (tertiary/aromatic N) is 1. The zero-order valence-electron chi connectivity index (χ0n) is 7.00. The highest BCUT2D eigenvalue weighted by Gasteiger charge is 2.02. The van der Waals surface area contributed by atoms with Gasteiger partial charge in [-0.05, 0) is 24.6 Å². The van der Waals surface area contributed by atoms with Crippen molar-refractivity contribution in [3.63, 3.8) is 0 Å². The Labute approximate surface area is 74.3 Å². The van der Waals surface area contributed by atoms with Crippen LogP contribution in [-0.4, -0.2) is 10.5 Å². The standard InChI is InChI=1S/C9H9NOS/c1-7-3-4-8(6-10)5-9(7)12(2)11/h3-5H,1-2H3. The van der Waals surface area contributed by atoms with E-state index in [-0.39, 0.29) is 0 Å². The smallest absolute Gasteiger partial charge is 0.0992 e. The lowest BCUT2D eigenvalue weighted by Crippen LogP contribution is -1.92. The van der Waals surface area contributed by atoms with E-state index in [2.05, 4.69) is 0 Å². The summed E-state index contributed by atoms with van der Waals surface area (Å²) in [6, 6.07) is 7.23. The molecule has 1 aromatic rings. The van der Waals surface area contributed by atoms with Gasteiger partial charge in [0.15, 0.2) is 0 Å². The SMILES string of the molecule is Cc1ccc(C#N)cc1S(C)=O. The molecule has 3 heteroatoms. The van der Waals surface area contributed by atoms with E-state index in [9.17, 15) is 4.21 Å². The van der Waals surface area contributed by atoms with Gasteiger partial charge < -0.3 is 0 Å². The maximum Gasteiger partial charge on any atom is 0.0992 e. The van der Waals surface area contributed by atoms with Crippen molar-refractivity contribution >= 4 is 10.8 Å². The molecule has 0 aliphatic carbocycles. The number of hydrogen-bond donors (Lipinski definition) is 0. The monoisotopic (exact) mass is 179 g/mol. The van der Waals surface area contributed by atoms with Gasteiger partial charge in [0.2, 0.25) is 0 Å². The molecular weight excluding hydrogens is 170 g/mol. The van der Waals surface area contributed by atoms with Gasteiger partial charge >= 0.3 is 0 Å². The second-order valence-electron chi connectivity index (χ2n) is 2.55. The Hall–Kier alpha value is -1.14. The third-order valence-electron chi connectivity index (χ3n) is 1.63. The zero-order chi connectivity index (χ0) is 9.14. The number of hydrogen-bond acceptors (Lipinski definition) is 2. The van der Waals surface area contributed by atoms with E-state index in [1.165, 1.54) is 0 Å². The summed E-state index contributed by atoms with van der Waals surface area (Å²) in [5.41, 5.74) is 1.53. The second kappa shape index (κ2) is 3.51. The summed E-state index contributed by atoms with van der Waals surface area (Å²) in [4.78, 5) is 0.744. The molecule has 0 N–H and O–H groups in total. The van der Waals surface area contributed by atoms with Gasteiger partial charge in [-0.25, -0.2) is 0 Å². The fourth-order valence-corrected chi connectivity index (χ4v) is 1.79. The van der Waals surface area contributed by atoms with Crippen molar-refractivity contribution in [3.05, 3.63) is 29.3 Å². The van der Waals surface area contributed by atoms with Crippen LogP contribution in [0.1, 0.15) is 11.1 Å². The Bertz CT molecular complexity index is 365. The van der Waals surface area contributed by atoms with Gasteiger partial charge in [-0.3, -0.25) is 4.21 Å². The van der Waals surface area contributed by atoms with E-state index < -0.39 is 10.8 Å². The van der Waals surface area contributed by atoms with Gasteiger partial charge in [-0.1, -0.05) is 6.07 Å². The minimum absolute atomic E-state index is 0.561. The van der Waals surface area contributed by atoms with Crippen LogP contribution in [0, 0.1) is 18.3 Å². The Balaban J connectivity index is 3.28. The van der Waals surface area contributed by atoms with Gasteiger partial charge in [0.05, 0.1) is 22.4 Å². The van der Waals surface area contributed by atoms with Crippen molar-refractivity contribution in [3.8, 4) is 6.07 Å². The van der Waals surface area contributed by atoms with Crippen LogP contribution in [0.4, 0.5) is 0 Å². The average molecular weight is 179 g/mol. The quantitative estimate of drug-likeness (QED) is 0.657.